The van der Waals surface area contributed by atoms with Gasteiger partial charge in [-0.25, -0.2) is 0 Å². The van der Waals surface area contributed by atoms with Crippen molar-refractivity contribution in [2.24, 2.45) is 0 Å². The average Bonchev–Trinajstić information content (AvgIpc) is 3.18. The molecule has 2 atom stereocenters. The minimum atomic E-state index is -0.809. The Hall–Kier alpha value is -2.27. The van der Waals surface area contributed by atoms with Crippen molar-refractivity contribution in [1.82, 2.24) is 5.32 Å². The van der Waals surface area contributed by atoms with Crippen molar-refractivity contribution < 1.29 is 9.59 Å². The fraction of sp³-hybridized carbons (Fsp3) is 0.333. The Balaban J connectivity index is 1.44. The highest BCUT2D eigenvalue weighted by atomic mass is 32.2. The number of benzene rings is 2. The predicted molar refractivity (Wildman–Crippen MR) is 104 cm³/mol. The Labute approximate surface area is 158 Å². The summed E-state index contributed by atoms with van der Waals surface area (Å²) < 4.78 is 0. The number of para-hydroxylation sites is 1. The molecule has 0 aromatic heterocycles. The van der Waals surface area contributed by atoms with E-state index in [1.54, 1.807) is 4.90 Å². The van der Waals surface area contributed by atoms with E-state index in [-0.39, 0.29) is 11.8 Å². The molecular weight excluding hydrogens is 344 g/mol. The highest BCUT2D eigenvalue weighted by molar-refractivity contribution is 8.02. The molecule has 2 heterocycles. The Kier molecular flexibility index (Phi) is 4.49. The van der Waals surface area contributed by atoms with Gasteiger partial charge in [-0.15, -0.1) is 0 Å². The SMILES string of the molecule is CC(CCNC(=O)C12CCC(=O)N1c1ccccc1S2)c1ccccc1. The lowest BCUT2D eigenvalue weighted by Gasteiger charge is -2.29. The number of carbonyl (C=O) groups excluding carboxylic acids is 2. The fourth-order valence-corrected chi connectivity index (χ4v) is 5.22. The largest absolute Gasteiger partial charge is 0.353 e. The number of hydrogen-bond donors (Lipinski definition) is 1. The molecule has 1 fully saturated rings. The first-order valence-corrected chi connectivity index (χ1v) is 9.88. The number of amides is 2. The van der Waals surface area contributed by atoms with Gasteiger partial charge in [0, 0.05) is 17.9 Å². The third-order valence-electron chi connectivity index (χ3n) is 5.26. The lowest BCUT2D eigenvalue weighted by atomic mass is 9.98. The van der Waals surface area contributed by atoms with Crippen LogP contribution < -0.4 is 10.2 Å². The zero-order valence-corrected chi connectivity index (χ0v) is 15.6. The minimum Gasteiger partial charge on any atom is -0.353 e. The number of carbonyl (C=O) groups is 2. The minimum absolute atomic E-state index is 0.0373. The number of rotatable bonds is 5. The van der Waals surface area contributed by atoms with Gasteiger partial charge >= 0.3 is 0 Å². The van der Waals surface area contributed by atoms with Crippen LogP contribution in [0.5, 0.6) is 0 Å². The fourth-order valence-electron chi connectivity index (χ4n) is 3.79. The molecule has 0 saturated carbocycles. The van der Waals surface area contributed by atoms with Crippen LogP contribution >= 0.6 is 11.8 Å². The van der Waals surface area contributed by atoms with Crippen molar-refractivity contribution in [2.75, 3.05) is 11.4 Å². The van der Waals surface area contributed by atoms with Gasteiger partial charge in [-0.3, -0.25) is 14.5 Å². The first-order chi connectivity index (χ1) is 12.6. The van der Waals surface area contributed by atoms with Crippen molar-refractivity contribution in [3.8, 4) is 0 Å². The lowest BCUT2D eigenvalue weighted by Crippen LogP contribution is -2.52. The molecule has 4 rings (SSSR count). The Bertz CT molecular complexity index is 839. The predicted octanol–water partition coefficient (Wildman–Crippen LogP) is 3.93. The van der Waals surface area contributed by atoms with Crippen LogP contribution in [0.4, 0.5) is 5.69 Å². The van der Waals surface area contributed by atoms with Crippen LogP contribution in [0.3, 0.4) is 0 Å². The third kappa shape index (κ3) is 2.80. The normalized spacial score (nSPS) is 22.0. The van der Waals surface area contributed by atoms with E-state index in [1.807, 2.05) is 42.5 Å². The van der Waals surface area contributed by atoms with Crippen molar-refractivity contribution in [3.63, 3.8) is 0 Å². The molecule has 4 nitrogen and oxygen atoms in total. The smallest absolute Gasteiger partial charge is 0.257 e. The molecule has 2 aliphatic heterocycles. The van der Waals surface area contributed by atoms with Gasteiger partial charge in [0.15, 0.2) is 4.87 Å². The summed E-state index contributed by atoms with van der Waals surface area (Å²) in [5, 5.41) is 3.09. The van der Waals surface area contributed by atoms with E-state index in [4.69, 9.17) is 0 Å². The Morgan fingerprint density at radius 2 is 1.92 bits per heavy atom. The monoisotopic (exact) mass is 366 g/mol. The van der Waals surface area contributed by atoms with E-state index < -0.39 is 4.87 Å². The van der Waals surface area contributed by atoms with E-state index in [0.717, 1.165) is 17.0 Å². The Morgan fingerprint density at radius 3 is 2.73 bits per heavy atom. The van der Waals surface area contributed by atoms with Crippen molar-refractivity contribution in [1.29, 1.82) is 0 Å². The molecule has 2 amide bonds. The van der Waals surface area contributed by atoms with Gasteiger partial charge in [0.1, 0.15) is 0 Å². The number of anilines is 1. The second-order valence-electron chi connectivity index (χ2n) is 6.94. The standard InChI is InChI=1S/C21H22N2O2S/c1-15(16-7-3-2-4-8-16)12-14-22-20(25)21-13-11-19(24)23(21)17-9-5-6-10-18(17)26-21/h2-10,15H,11-14H2,1H3,(H,22,25). The van der Waals surface area contributed by atoms with E-state index in [2.05, 4.69) is 24.4 Å². The molecule has 2 aromatic rings. The molecule has 0 aliphatic carbocycles. The third-order valence-corrected chi connectivity index (χ3v) is 6.73. The van der Waals surface area contributed by atoms with E-state index in [1.165, 1.54) is 17.3 Å². The van der Waals surface area contributed by atoms with Crippen LogP contribution in [-0.4, -0.2) is 23.2 Å². The molecule has 1 saturated heterocycles. The quantitative estimate of drug-likeness (QED) is 0.872. The molecule has 134 valence electrons. The maximum absolute atomic E-state index is 13.1. The van der Waals surface area contributed by atoms with Gasteiger partial charge in [0.2, 0.25) is 5.91 Å². The average molecular weight is 366 g/mol. The summed E-state index contributed by atoms with van der Waals surface area (Å²) in [5.74, 6) is 0.365. The van der Waals surface area contributed by atoms with Crippen LogP contribution in [0.15, 0.2) is 59.5 Å². The van der Waals surface area contributed by atoms with E-state index >= 15 is 0 Å². The molecule has 2 aliphatic rings. The molecular formula is C21H22N2O2S. The molecule has 1 N–H and O–H groups in total. The zero-order valence-electron chi connectivity index (χ0n) is 14.8. The maximum Gasteiger partial charge on any atom is 0.257 e. The van der Waals surface area contributed by atoms with E-state index in [0.29, 0.717) is 25.3 Å². The van der Waals surface area contributed by atoms with Crippen molar-refractivity contribution >= 4 is 29.3 Å². The summed E-state index contributed by atoms with van der Waals surface area (Å²) in [6.07, 6.45) is 1.86. The number of nitrogens with zero attached hydrogens (tertiary/aromatic N) is 1. The number of fused-ring (bicyclic) bond motifs is 3. The summed E-state index contributed by atoms with van der Waals surface area (Å²) in [7, 11) is 0. The molecule has 0 radical (unpaired) electrons. The number of nitrogens with one attached hydrogen (secondary N) is 1. The molecule has 2 unspecified atom stereocenters. The van der Waals surface area contributed by atoms with Crippen LogP contribution in [0.2, 0.25) is 0 Å². The van der Waals surface area contributed by atoms with Gasteiger partial charge in [-0.2, -0.15) is 0 Å². The van der Waals surface area contributed by atoms with Gasteiger partial charge in [-0.05, 0) is 36.5 Å². The highest BCUT2D eigenvalue weighted by Gasteiger charge is 2.57. The molecule has 2 aromatic carbocycles. The van der Waals surface area contributed by atoms with Crippen LogP contribution in [0.25, 0.3) is 0 Å². The maximum atomic E-state index is 13.1. The van der Waals surface area contributed by atoms with Crippen LogP contribution in [0, 0.1) is 0 Å². The molecule has 5 heteroatoms. The second kappa shape index (κ2) is 6.80. The Morgan fingerprint density at radius 1 is 1.19 bits per heavy atom. The zero-order chi connectivity index (χ0) is 18.1. The van der Waals surface area contributed by atoms with Crippen molar-refractivity contribution in [3.05, 3.63) is 60.2 Å². The van der Waals surface area contributed by atoms with Crippen molar-refractivity contribution in [2.45, 2.75) is 41.9 Å². The molecule has 0 spiro atoms. The van der Waals surface area contributed by atoms with E-state index in [9.17, 15) is 9.59 Å². The summed E-state index contributed by atoms with van der Waals surface area (Å²) in [6, 6.07) is 18.1. The summed E-state index contributed by atoms with van der Waals surface area (Å²) in [5.41, 5.74) is 2.15. The lowest BCUT2D eigenvalue weighted by molar-refractivity contribution is -0.124. The summed E-state index contributed by atoms with van der Waals surface area (Å²) in [6.45, 7) is 2.78. The number of hydrogen-bond acceptors (Lipinski definition) is 3. The molecule has 0 bridgehead atoms. The second-order valence-corrected chi connectivity index (χ2v) is 8.26. The van der Waals surface area contributed by atoms with Gasteiger partial charge < -0.3 is 5.32 Å². The van der Waals surface area contributed by atoms with Crippen LogP contribution in [-0.2, 0) is 9.59 Å². The topological polar surface area (TPSA) is 49.4 Å². The van der Waals surface area contributed by atoms with Gasteiger partial charge in [0.05, 0.1) is 5.69 Å². The summed E-state index contributed by atoms with van der Waals surface area (Å²) in [4.78, 5) is 27.4. The number of thioether (sulfide) groups is 1. The first-order valence-electron chi connectivity index (χ1n) is 9.06. The molecule has 26 heavy (non-hydrogen) atoms. The van der Waals surface area contributed by atoms with Crippen LogP contribution in [0.1, 0.15) is 37.7 Å². The highest BCUT2D eigenvalue weighted by Crippen LogP contribution is 2.55. The van der Waals surface area contributed by atoms with Gasteiger partial charge in [-0.1, -0.05) is 61.2 Å². The first kappa shape index (κ1) is 17.2. The van der Waals surface area contributed by atoms with Gasteiger partial charge in [0.25, 0.3) is 5.91 Å². The summed E-state index contributed by atoms with van der Waals surface area (Å²) >= 11 is 1.51.